The normalized spacial score (nSPS) is 27.8. The highest BCUT2D eigenvalue weighted by atomic mass is 16.1. The minimum atomic E-state index is -0.0343. The van der Waals surface area contributed by atoms with Crippen molar-refractivity contribution in [1.82, 2.24) is 5.32 Å². The Kier molecular flexibility index (Phi) is 5.67. The van der Waals surface area contributed by atoms with Crippen LogP contribution in [0, 0.1) is 11.8 Å². The van der Waals surface area contributed by atoms with Gasteiger partial charge in [-0.1, -0.05) is 24.3 Å². The maximum absolute atomic E-state index is 12.6. The van der Waals surface area contributed by atoms with Gasteiger partial charge in [0, 0.05) is 18.5 Å². The highest BCUT2D eigenvalue weighted by Gasteiger charge is 2.28. The molecule has 0 heterocycles. The maximum Gasteiger partial charge on any atom is 0.227 e. The number of amides is 1. The first kappa shape index (κ1) is 17.2. The minimum Gasteiger partial charge on any atom is -0.354 e. The van der Waals surface area contributed by atoms with Crippen LogP contribution in [0.1, 0.15) is 55.6 Å². The zero-order chi connectivity index (χ0) is 16.9. The van der Waals surface area contributed by atoms with Gasteiger partial charge in [-0.15, -0.1) is 0 Å². The molecule has 2 unspecified atom stereocenters. The lowest BCUT2D eigenvalue weighted by Crippen LogP contribution is -2.44. The van der Waals surface area contributed by atoms with Crippen LogP contribution in [0.4, 0.5) is 0 Å². The van der Waals surface area contributed by atoms with Crippen molar-refractivity contribution in [3.63, 3.8) is 0 Å². The van der Waals surface area contributed by atoms with Gasteiger partial charge in [0.05, 0.1) is 5.92 Å². The zero-order valence-electron chi connectivity index (χ0n) is 14.2. The second kappa shape index (κ2) is 7.93. The first-order valence-electron chi connectivity index (χ1n) is 9.25. The summed E-state index contributed by atoms with van der Waals surface area (Å²) in [6.45, 7) is 0.536. The molecule has 0 radical (unpaired) electrons. The predicted molar refractivity (Wildman–Crippen MR) is 94.6 cm³/mol. The number of aldehydes is 1. The van der Waals surface area contributed by atoms with E-state index in [1.165, 1.54) is 11.1 Å². The van der Waals surface area contributed by atoms with Crippen LogP contribution in [-0.4, -0.2) is 24.8 Å². The molecule has 0 saturated heterocycles. The third kappa shape index (κ3) is 3.86. The van der Waals surface area contributed by atoms with Gasteiger partial charge >= 0.3 is 0 Å². The number of rotatable bonds is 5. The van der Waals surface area contributed by atoms with Crippen LogP contribution in [0.2, 0.25) is 0 Å². The fourth-order valence-electron chi connectivity index (χ4n) is 4.24. The van der Waals surface area contributed by atoms with Crippen LogP contribution in [-0.2, 0) is 16.0 Å². The Morgan fingerprint density at radius 3 is 2.71 bits per heavy atom. The van der Waals surface area contributed by atoms with E-state index in [1.807, 2.05) is 12.1 Å². The van der Waals surface area contributed by atoms with E-state index in [9.17, 15) is 9.59 Å². The average Bonchev–Trinajstić information content (AvgIpc) is 2.65. The SMILES string of the molecule is NC(CNC(=O)C1CCCc2ccccc21)C1CCC(C=O)CC1. The Balaban J connectivity index is 1.52. The molecule has 0 bridgehead atoms. The molecule has 3 rings (SSSR count). The Bertz CT molecular complexity index is 579. The Labute approximate surface area is 144 Å². The van der Waals surface area contributed by atoms with E-state index in [0.717, 1.165) is 51.2 Å². The summed E-state index contributed by atoms with van der Waals surface area (Å²) in [6.07, 6.45) is 7.99. The number of aryl methyl sites for hydroxylation is 1. The molecule has 2 atom stereocenters. The van der Waals surface area contributed by atoms with Crippen molar-refractivity contribution in [2.24, 2.45) is 17.6 Å². The van der Waals surface area contributed by atoms with Crippen molar-refractivity contribution in [3.05, 3.63) is 35.4 Å². The molecule has 1 aromatic carbocycles. The van der Waals surface area contributed by atoms with E-state index >= 15 is 0 Å². The summed E-state index contributed by atoms with van der Waals surface area (Å²) in [7, 11) is 0. The van der Waals surface area contributed by atoms with Crippen LogP contribution in [0.5, 0.6) is 0 Å². The monoisotopic (exact) mass is 328 g/mol. The number of carbonyl (C=O) groups is 2. The van der Waals surface area contributed by atoms with Crippen LogP contribution in [0.15, 0.2) is 24.3 Å². The number of hydrogen-bond acceptors (Lipinski definition) is 3. The Morgan fingerprint density at radius 1 is 1.21 bits per heavy atom. The summed E-state index contributed by atoms with van der Waals surface area (Å²) in [5.41, 5.74) is 8.79. The zero-order valence-corrected chi connectivity index (χ0v) is 14.2. The lowest BCUT2D eigenvalue weighted by Gasteiger charge is -2.31. The maximum atomic E-state index is 12.6. The largest absolute Gasteiger partial charge is 0.354 e. The fraction of sp³-hybridized carbons (Fsp3) is 0.600. The summed E-state index contributed by atoms with van der Waals surface area (Å²) in [6, 6.07) is 8.26. The number of fused-ring (bicyclic) bond motifs is 1. The molecule has 0 aliphatic heterocycles. The minimum absolute atomic E-state index is 0.0135. The molecule has 1 aromatic rings. The van der Waals surface area contributed by atoms with E-state index in [2.05, 4.69) is 17.4 Å². The molecule has 0 aromatic heterocycles. The molecule has 3 N–H and O–H groups in total. The number of benzene rings is 1. The van der Waals surface area contributed by atoms with Crippen molar-refractivity contribution in [2.45, 2.75) is 56.9 Å². The first-order valence-corrected chi connectivity index (χ1v) is 9.25. The van der Waals surface area contributed by atoms with Gasteiger partial charge in [-0.05, 0) is 62.0 Å². The molecule has 130 valence electrons. The molecule has 24 heavy (non-hydrogen) atoms. The van der Waals surface area contributed by atoms with Crippen LogP contribution < -0.4 is 11.1 Å². The summed E-state index contributed by atoms with van der Waals surface area (Å²) in [5.74, 6) is 0.703. The van der Waals surface area contributed by atoms with Gasteiger partial charge in [0.15, 0.2) is 0 Å². The number of nitrogens with one attached hydrogen (secondary N) is 1. The second-order valence-corrected chi connectivity index (χ2v) is 7.36. The molecule has 1 fully saturated rings. The molecular weight excluding hydrogens is 300 g/mol. The Hall–Kier alpha value is -1.68. The van der Waals surface area contributed by atoms with Gasteiger partial charge in [0.1, 0.15) is 6.29 Å². The van der Waals surface area contributed by atoms with Gasteiger partial charge in [-0.25, -0.2) is 0 Å². The Morgan fingerprint density at radius 2 is 1.96 bits per heavy atom. The smallest absolute Gasteiger partial charge is 0.227 e. The quantitative estimate of drug-likeness (QED) is 0.816. The molecule has 4 heteroatoms. The van der Waals surface area contributed by atoms with Gasteiger partial charge < -0.3 is 15.8 Å². The van der Waals surface area contributed by atoms with E-state index in [0.29, 0.717) is 12.5 Å². The van der Waals surface area contributed by atoms with Gasteiger partial charge in [-0.2, -0.15) is 0 Å². The lowest BCUT2D eigenvalue weighted by atomic mass is 9.79. The van der Waals surface area contributed by atoms with Crippen LogP contribution in [0.25, 0.3) is 0 Å². The number of hydrogen-bond donors (Lipinski definition) is 2. The van der Waals surface area contributed by atoms with E-state index in [1.54, 1.807) is 0 Å². The van der Waals surface area contributed by atoms with Crippen molar-refractivity contribution in [3.8, 4) is 0 Å². The van der Waals surface area contributed by atoms with Gasteiger partial charge in [0.2, 0.25) is 5.91 Å². The van der Waals surface area contributed by atoms with Crippen molar-refractivity contribution in [2.75, 3.05) is 6.54 Å². The first-order chi connectivity index (χ1) is 11.7. The number of nitrogens with two attached hydrogens (primary N) is 1. The summed E-state index contributed by atoms with van der Waals surface area (Å²) in [4.78, 5) is 23.5. The molecule has 0 spiro atoms. The van der Waals surface area contributed by atoms with Crippen molar-refractivity contribution < 1.29 is 9.59 Å². The lowest BCUT2D eigenvalue weighted by molar-refractivity contribution is -0.123. The highest BCUT2D eigenvalue weighted by molar-refractivity contribution is 5.84. The molecule has 4 nitrogen and oxygen atoms in total. The summed E-state index contributed by atoms with van der Waals surface area (Å²) < 4.78 is 0. The number of carbonyl (C=O) groups excluding carboxylic acids is 2. The second-order valence-electron chi connectivity index (χ2n) is 7.36. The third-order valence-electron chi connectivity index (χ3n) is 5.81. The third-order valence-corrected chi connectivity index (χ3v) is 5.81. The molecule has 1 saturated carbocycles. The average molecular weight is 328 g/mol. The van der Waals surface area contributed by atoms with Crippen LogP contribution >= 0.6 is 0 Å². The summed E-state index contributed by atoms with van der Waals surface area (Å²) in [5, 5.41) is 3.08. The van der Waals surface area contributed by atoms with Crippen molar-refractivity contribution in [1.29, 1.82) is 0 Å². The molecule has 2 aliphatic rings. The highest BCUT2D eigenvalue weighted by Crippen LogP contribution is 2.32. The van der Waals surface area contributed by atoms with E-state index < -0.39 is 0 Å². The van der Waals surface area contributed by atoms with Crippen molar-refractivity contribution >= 4 is 12.2 Å². The van der Waals surface area contributed by atoms with E-state index in [4.69, 9.17) is 5.73 Å². The van der Waals surface area contributed by atoms with Gasteiger partial charge in [0.25, 0.3) is 0 Å². The molecular formula is C20H28N2O2. The standard InChI is InChI=1S/C20H28N2O2/c21-19(16-10-8-14(13-23)9-11-16)12-22-20(24)18-7-3-5-15-4-1-2-6-17(15)18/h1-2,4,6,13-14,16,18-19H,3,5,7-12,21H2,(H,22,24). The predicted octanol–water partition coefficient (Wildman–Crippen LogP) is 2.56. The topological polar surface area (TPSA) is 72.2 Å². The summed E-state index contributed by atoms with van der Waals surface area (Å²) >= 11 is 0. The molecule has 1 amide bonds. The van der Waals surface area contributed by atoms with Crippen LogP contribution in [0.3, 0.4) is 0 Å². The molecule has 2 aliphatic carbocycles. The fourth-order valence-corrected chi connectivity index (χ4v) is 4.24. The van der Waals surface area contributed by atoms with E-state index in [-0.39, 0.29) is 23.8 Å². The van der Waals surface area contributed by atoms with Gasteiger partial charge in [-0.3, -0.25) is 4.79 Å².